The summed E-state index contributed by atoms with van der Waals surface area (Å²) in [5.41, 5.74) is 1.05. The third-order valence-corrected chi connectivity index (χ3v) is 2.94. The zero-order valence-electron chi connectivity index (χ0n) is 10.9. The van der Waals surface area contributed by atoms with Crippen LogP contribution in [0.4, 0.5) is 5.69 Å². The Hall–Kier alpha value is -0.930. The van der Waals surface area contributed by atoms with Gasteiger partial charge in [0.05, 0.1) is 11.6 Å². The average Bonchev–Trinajstić information content (AvgIpc) is 2.30. The molecule has 1 rings (SSSR count). The number of rotatable bonds is 6. The summed E-state index contributed by atoms with van der Waals surface area (Å²) in [4.78, 5) is 0. The smallest absolute Gasteiger partial charge is 0.138 e. The molecule has 0 heterocycles. The summed E-state index contributed by atoms with van der Waals surface area (Å²) >= 11 is 6.11. The third kappa shape index (κ3) is 4.44. The normalized spacial score (nSPS) is 11.4. The molecule has 0 radical (unpaired) electrons. The Morgan fingerprint density at radius 1 is 1.35 bits per heavy atom. The summed E-state index contributed by atoms with van der Waals surface area (Å²) in [7, 11) is 1.95. The maximum absolute atomic E-state index is 6.11. The highest BCUT2D eigenvalue weighted by molar-refractivity contribution is 6.32. The molecule has 17 heavy (non-hydrogen) atoms. The summed E-state index contributed by atoms with van der Waals surface area (Å²) in [6, 6.07) is 5.75. The van der Waals surface area contributed by atoms with Gasteiger partial charge in [0.1, 0.15) is 5.75 Å². The van der Waals surface area contributed by atoms with E-state index in [1.165, 1.54) is 0 Å². The maximum Gasteiger partial charge on any atom is 0.138 e. The Labute approximate surface area is 109 Å². The fourth-order valence-electron chi connectivity index (χ4n) is 1.29. The summed E-state index contributed by atoms with van der Waals surface area (Å²) < 4.78 is 5.39. The molecule has 0 saturated carbocycles. The largest absolute Gasteiger partial charge is 0.492 e. The predicted octanol–water partition coefficient (Wildman–Crippen LogP) is 3.15. The van der Waals surface area contributed by atoms with Crippen molar-refractivity contribution in [2.75, 3.05) is 25.5 Å². The van der Waals surface area contributed by atoms with E-state index in [1.807, 2.05) is 32.2 Å². The first-order valence-electron chi connectivity index (χ1n) is 5.83. The van der Waals surface area contributed by atoms with E-state index >= 15 is 0 Å². The highest BCUT2D eigenvalue weighted by atomic mass is 35.5. The van der Waals surface area contributed by atoms with Gasteiger partial charge in [0.2, 0.25) is 0 Å². The predicted molar refractivity (Wildman–Crippen MR) is 74.2 cm³/mol. The van der Waals surface area contributed by atoms with E-state index in [2.05, 4.69) is 24.5 Å². The Kier molecular flexibility index (Phi) is 5.09. The first-order valence-corrected chi connectivity index (χ1v) is 6.21. The summed E-state index contributed by atoms with van der Waals surface area (Å²) in [6.07, 6.45) is 0. The quantitative estimate of drug-likeness (QED) is 0.820. The molecule has 1 aromatic rings. The Bertz CT molecular complexity index is 366. The van der Waals surface area contributed by atoms with Crippen molar-refractivity contribution in [2.45, 2.75) is 26.3 Å². The molecule has 0 bridgehead atoms. The van der Waals surface area contributed by atoms with Crippen LogP contribution in [0.15, 0.2) is 18.2 Å². The van der Waals surface area contributed by atoms with Crippen LogP contribution in [0.25, 0.3) is 0 Å². The van der Waals surface area contributed by atoms with Gasteiger partial charge in [0.15, 0.2) is 0 Å². The topological polar surface area (TPSA) is 33.3 Å². The highest BCUT2D eigenvalue weighted by Gasteiger charge is 2.14. The molecule has 0 aromatic heterocycles. The van der Waals surface area contributed by atoms with Crippen LogP contribution in [0.3, 0.4) is 0 Å². The molecule has 0 spiro atoms. The lowest BCUT2D eigenvalue weighted by atomic mass is 10.1. The van der Waals surface area contributed by atoms with Crippen LogP contribution in [-0.2, 0) is 0 Å². The number of benzene rings is 1. The van der Waals surface area contributed by atoms with Gasteiger partial charge in [-0.15, -0.1) is 0 Å². The molecular weight excluding hydrogens is 236 g/mol. The number of halogens is 1. The molecule has 4 heteroatoms. The second-order valence-electron chi connectivity index (χ2n) is 4.57. The van der Waals surface area contributed by atoms with Crippen molar-refractivity contribution >= 4 is 17.3 Å². The molecule has 0 unspecified atom stereocenters. The molecular formula is C13H21ClN2O. The number of anilines is 1. The van der Waals surface area contributed by atoms with E-state index in [9.17, 15) is 0 Å². The molecule has 0 atom stereocenters. The first-order chi connectivity index (χ1) is 7.98. The number of hydrogen-bond donors (Lipinski definition) is 2. The van der Waals surface area contributed by atoms with Gasteiger partial charge in [-0.25, -0.2) is 0 Å². The van der Waals surface area contributed by atoms with E-state index in [0.29, 0.717) is 11.6 Å². The van der Waals surface area contributed by atoms with Crippen LogP contribution in [0, 0.1) is 0 Å². The van der Waals surface area contributed by atoms with Crippen molar-refractivity contribution < 1.29 is 4.74 Å². The van der Waals surface area contributed by atoms with Crippen molar-refractivity contribution in [3.8, 4) is 5.75 Å². The van der Waals surface area contributed by atoms with E-state index < -0.39 is 0 Å². The number of likely N-dealkylation sites (N-methyl/N-ethyl adjacent to an activating group) is 1. The van der Waals surface area contributed by atoms with Crippen molar-refractivity contribution in [3.05, 3.63) is 23.2 Å². The van der Waals surface area contributed by atoms with Crippen molar-refractivity contribution in [3.63, 3.8) is 0 Å². The van der Waals surface area contributed by atoms with Gasteiger partial charge in [0, 0.05) is 17.8 Å². The lowest BCUT2D eigenvalue weighted by Crippen LogP contribution is -2.42. The Balaban J connectivity index is 2.64. The summed E-state index contributed by atoms with van der Waals surface area (Å²) in [6.45, 7) is 7.66. The van der Waals surface area contributed by atoms with Gasteiger partial charge in [-0.1, -0.05) is 11.6 Å². The van der Waals surface area contributed by atoms with E-state index in [1.54, 1.807) is 0 Å². The van der Waals surface area contributed by atoms with E-state index in [4.69, 9.17) is 16.3 Å². The molecule has 0 fully saturated rings. The molecule has 96 valence electrons. The van der Waals surface area contributed by atoms with Crippen molar-refractivity contribution in [1.29, 1.82) is 0 Å². The number of ether oxygens (including phenoxy) is 1. The number of nitrogens with one attached hydrogen (secondary N) is 2. The van der Waals surface area contributed by atoms with E-state index in [-0.39, 0.29) is 5.54 Å². The van der Waals surface area contributed by atoms with Crippen LogP contribution in [-0.4, -0.2) is 25.7 Å². The minimum absolute atomic E-state index is 0.0467. The van der Waals surface area contributed by atoms with Gasteiger partial charge in [-0.2, -0.15) is 0 Å². The van der Waals surface area contributed by atoms with Crippen molar-refractivity contribution in [2.24, 2.45) is 0 Å². The molecule has 2 N–H and O–H groups in total. The molecule has 0 aliphatic carbocycles. The standard InChI is InChI=1S/C13H21ClN2O/c1-5-17-12-7-6-10(8-11(12)14)16-9-13(2,3)15-4/h6-8,15-16H,5,9H2,1-4H3. The first kappa shape index (κ1) is 14.1. The van der Waals surface area contributed by atoms with Gasteiger partial charge in [-0.3, -0.25) is 0 Å². The average molecular weight is 257 g/mol. The fraction of sp³-hybridized carbons (Fsp3) is 0.538. The molecule has 3 nitrogen and oxygen atoms in total. The zero-order valence-corrected chi connectivity index (χ0v) is 11.7. The van der Waals surface area contributed by atoms with Gasteiger partial charge in [0.25, 0.3) is 0 Å². The van der Waals surface area contributed by atoms with Crippen LogP contribution < -0.4 is 15.4 Å². The minimum atomic E-state index is 0.0467. The zero-order chi connectivity index (χ0) is 12.9. The maximum atomic E-state index is 6.11. The van der Waals surface area contributed by atoms with Crippen LogP contribution in [0.1, 0.15) is 20.8 Å². The molecule has 1 aromatic carbocycles. The Morgan fingerprint density at radius 3 is 2.59 bits per heavy atom. The van der Waals surface area contributed by atoms with E-state index in [0.717, 1.165) is 18.0 Å². The SMILES string of the molecule is CCOc1ccc(NCC(C)(C)NC)cc1Cl. The van der Waals surface area contributed by atoms with Crippen LogP contribution in [0.5, 0.6) is 5.75 Å². The summed E-state index contributed by atoms with van der Waals surface area (Å²) in [5.74, 6) is 0.729. The highest BCUT2D eigenvalue weighted by Crippen LogP contribution is 2.27. The lowest BCUT2D eigenvalue weighted by Gasteiger charge is -2.25. The van der Waals surface area contributed by atoms with Crippen molar-refractivity contribution in [1.82, 2.24) is 5.32 Å². The van der Waals surface area contributed by atoms with Gasteiger partial charge >= 0.3 is 0 Å². The molecule has 0 saturated heterocycles. The van der Waals surface area contributed by atoms with Crippen LogP contribution in [0.2, 0.25) is 5.02 Å². The van der Waals surface area contributed by atoms with Gasteiger partial charge < -0.3 is 15.4 Å². The summed E-state index contributed by atoms with van der Waals surface area (Å²) in [5, 5.41) is 7.22. The molecule has 0 amide bonds. The second-order valence-corrected chi connectivity index (χ2v) is 4.97. The second kappa shape index (κ2) is 6.12. The van der Waals surface area contributed by atoms with Gasteiger partial charge in [-0.05, 0) is 46.0 Å². The molecule has 0 aliphatic rings. The monoisotopic (exact) mass is 256 g/mol. The molecule has 0 aliphatic heterocycles. The fourth-order valence-corrected chi connectivity index (χ4v) is 1.53. The minimum Gasteiger partial charge on any atom is -0.492 e. The number of hydrogen-bond acceptors (Lipinski definition) is 3. The lowest BCUT2D eigenvalue weighted by molar-refractivity contribution is 0.340. The van der Waals surface area contributed by atoms with Crippen LogP contribution >= 0.6 is 11.6 Å². The third-order valence-electron chi connectivity index (χ3n) is 2.64. The Morgan fingerprint density at radius 2 is 2.06 bits per heavy atom.